The summed E-state index contributed by atoms with van der Waals surface area (Å²) in [5.41, 5.74) is 0.0762. The van der Waals surface area contributed by atoms with Gasteiger partial charge in [-0.3, -0.25) is 0 Å². The van der Waals surface area contributed by atoms with Crippen molar-refractivity contribution < 1.29 is 69.3 Å². The molecule has 0 unspecified atom stereocenters. The highest BCUT2D eigenvalue weighted by Crippen LogP contribution is 2.71. The Kier molecular flexibility index (Phi) is 10.6. The van der Waals surface area contributed by atoms with E-state index in [4.69, 9.17) is 28.4 Å². The fourth-order valence-corrected chi connectivity index (χ4v) is 13.2. The van der Waals surface area contributed by atoms with Gasteiger partial charge in [0.1, 0.15) is 48.8 Å². The highest BCUT2D eigenvalue weighted by atomic mass is 16.8. The Morgan fingerprint density at radius 1 is 0.698 bits per heavy atom. The van der Waals surface area contributed by atoms with Gasteiger partial charge in [0.05, 0.1) is 38.1 Å². The van der Waals surface area contributed by atoms with Crippen LogP contribution in [0.5, 0.6) is 0 Å². The van der Waals surface area contributed by atoms with E-state index < -0.39 is 92.6 Å². The molecule has 4 aliphatic carbocycles. The summed E-state index contributed by atoms with van der Waals surface area (Å²) in [7, 11) is 0. The standard InChI is InChI=1S/C39H64O14/c1-17-7-10-39(48-16-17)18(2)28-25(53-39)12-22-20-6-5-19-11-24(23(42)13-38(19,4)21(20)8-9-37(22,28)3)49-36-34(32(46)30(44)27(15-41)51-36)52-35-33(47)31(45)29(43)26(14-40)50-35/h17-36,40-47H,5-16H2,1-4H3/t17-,18-,19+,20+,21-,22-,23-,24+,25-,26+,27+,28-,29+,30-,31-,32-,33+,34+,35-,36+,37-,38-,39-/m0/s1. The number of aliphatic hydroxyl groups excluding tert-OH is 8. The molecule has 8 aliphatic rings. The molecule has 23 atom stereocenters. The Bertz CT molecular complexity index is 1300. The Labute approximate surface area is 312 Å². The molecule has 8 N–H and O–H groups in total. The van der Waals surface area contributed by atoms with Crippen molar-refractivity contribution >= 4 is 0 Å². The van der Waals surface area contributed by atoms with Crippen molar-refractivity contribution in [1.82, 2.24) is 0 Å². The van der Waals surface area contributed by atoms with E-state index >= 15 is 0 Å². The molecule has 304 valence electrons. The van der Waals surface area contributed by atoms with Gasteiger partial charge in [0.2, 0.25) is 0 Å². The molecule has 4 saturated carbocycles. The zero-order valence-corrected chi connectivity index (χ0v) is 31.6. The first-order valence-corrected chi connectivity index (χ1v) is 20.4. The van der Waals surface area contributed by atoms with Gasteiger partial charge in [-0.1, -0.05) is 27.7 Å². The SMILES string of the molecule is C[C@H]1CC[C@]2(OC1)O[C@H]1C[C@H]3[C@@H]4CC[C@@H]5C[C@@H](O[C@@H]6O[C@H](CO)[C@H](O)[C@H](O)[C@H]6O[C@@H]6O[C@H](CO)[C@@H](O)[C@H](O)[C@H]6O)[C@@H](O)C[C@]5(C)[C@H]4CC[C@]3(C)[C@H]1[C@@H]2C. The molecule has 0 bridgehead atoms. The number of aliphatic hydroxyl groups is 8. The van der Waals surface area contributed by atoms with E-state index in [2.05, 4.69) is 27.7 Å². The smallest absolute Gasteiger partial charge is 0.187 e. The summed E-state index contributed by atoms with van der Waals surface area (Å²) >= 11 is 0. The summed E-state index contributed by atoms with van der Waals surface area (Å²) < 4.78 is 37.2. The van der Waals surface area contributed by atoms with Crippen molar-refractivity contribution in [2.45, 2.75) is 171 Å². The van der Waals surface area contributed by atoms with Gasteiger partial charge in [0, 0.05) is 12.3 Å². The van der Waals surface area contributed by atoms with Crippen LogP contribution in [-0.4, -0.2) is 146 Å². The fourth-order valence-electron chi connectivity index (χ4n) is 13.2. The lowest BCUT2D eigenvalue weighted by molar-refractivity contribution is -0.376. The van der Waals surface area contributed by atoms with E-state index in [-0.39, 0.29) is 22.9 Å². The molecule has 0 aromatic carbocycles. The molecule has 8 rings (SSSR count). The zero-order chi connectivity index (χ0) is 37.8. The second kappa shape index (κ2) is 14.4. The van der Waals surface area contributed by atoms with Gasteiger partial charge in [-0.05, 0) is 97.7 Å². The van der Waals surface area contributed by atoms with Crippen LogP contribution in [0, 0.1) is 52.3 Å². The van der Waals surface area contributed by atoms with Gasteiger partial charge in [-0.15, -0.1) is 0 Å². The highest BCUT2D eigenvalue weighted by Gasteiger charge is 2.69. The van der Waals surface area contributed by atoms with Crippen LogP contribution in [0.2, 0.25) is 0 Å². The second-order valence-corrected chi connectivity index (χ2v) is 18.9. The molecule has 4 aliphatic heterocycles. The predicted octanol–water partition coefficient (Wildman–Crippen LogP) is 0.413. The van der Waals surface area contributed by atoms with Crippen molar-refractivity contribution in [3.8, 4) is 0 Å². The van der Waals surface area contributed by atoms with Crippen molar-refractivity contribution in [2.75, 3.05) is 19.8 Å². The van der Waals surface area contributed by atoms with Crippen LogP contribution in [0.25, 0.3) is 0 Å². The second-order valence-electron chi connectivity index (χ2n) is 18.9. The molecule has 14 nitrogen and oxygen atoms in total. The van der Waals surface area contributed by atoms with Crippen LogP contribution in [0.3, 0.4) is 0 Å². The molecule has 4 heterocycles. The lowest BCUT2D eigenvalue weighted by Gasteiger charge is -2.62. The van der Waals surface area contributed by atoms with Gasteiger partial charge in [-0.25, -0.2) is 0 Å². The average Bonchev–Trinajstić information content (AvgIpc) is 3.58. The van der Waals surface area contributed by atoms with Gasteiger partial charge in [0.25, 0.3) is 0 Å². The van der Waals surface area contributed by atoms with Crippen molar-refractivity contribution in [1.29, 1.82) is 0 Å². The van der Waals surface area contributed by atoms with Crippen molar-refractivity contribution in [3.63, 3.8) is 0 Å². The molecule has 0 aromatic rings. The lowest BCUT2D eigenvalue weighted by atomic mass is 9.44. The Balaban J connectivity index is 0.962. The molecule has 53 heavy (non-hydrogen) atoms. The van der Waals surface area contributed by atoms with Crippen LogP contribution < -0.4 is 0 Å². The highest BCUT2D eigenvalue weighted by molar-refractivity contribution is 5.16. The first kappa shape index (κ1) is 39.3. The third-order valence-electron chi connectivity index (χ3n) is 16.2. The number of rotatable bonds is 6. The van der Waals surface area contributed by atoms with Gasteiger partial charge in [-0.2, -0.15) is 0 Å². The normalized spacial score (nSPS) is 59.5. The average molecular weight is 757 g/mol. The summed E-state index contributed by atoms with van der Waals surface area (Å²) in [6.45, 7) is 8.96. The third-order valence-corrected chi connectivity index (χ3v) is 16.2. The Hall–Kier alpha value is -0.560. The molecule has 14 heteroatoms. The number of fused-ring (bicyclic) bond motifs is 7. The summed E-state index contributed by atoms with van der Waals surface area (Å²) in [6.07, 6.45) is -8.11. The zero-order valence-electron chi connectivity index (χ0n) is 31.6. The first-order chi connectivity index (χ1) is 25.2. The van der Waals surface area contributed by atoms with E-state index in [9.17, 15) is 40.9 Å². The number of hydrogen-bond acceptors (Lipinski definition) is 14. The maximum absolute atomic E-state index is 11.8. The Morgan fingerprint density at radius 2 is 1.40 bits per heavy atom. The maximum Gasteiger partial charge on any atom is 0.187 e. The summed E-state index contributed by atoms with van der Waals surface area (Å²) in [6, 6.07) is 0. The monoisotopic (exact) mass is 756 g/mol. The topological polar surface area (TPSA) is 217 Å². The molecular formula is C39H64O14. The Morgan fingerprint density at radius 3 is 2.08 bits per heavy atom. The molecule has 0 radical (unpaired) electrons. The van der Waals surface area contributed by atoms with Gasteiger partial charge < -0.3 is 69.3 Å². The molecule has 4 saturated heterocycles. The summed E-state index contributed by atoms with van der Waals surface area (Å²) in [5, 5.41) is 84.5. The molecule has 8 fully saturated rings. The third kappa shape index (κ3) is 6.20. The summed E-state index contributed by atoms with van der Waals surface area (Å²) in [4.78, 5) is 0. The maximum atomic E-state index is 11.8. The van der Waals surface area contributed by atoms with Gasteiger partial charge in [0.15, 0.2) is 18.4 Å². The molecule has 0 aromatic heterocycles. The number of ether oxygens (including phenoxy) is 6. The number of hydrogen-bond donors (Lipinski definition) is 8. The molecular weight excluding hydrogens is 692 g/mol. The van der Waals surface area contributed by atoms with Crippen molar-refractivity contribution in [3.05, 3.63) is 0 Å². The van der Waals surface area contributed by atoms with E-state index in [1.165, 1.54) is 0 Å². The van der Waals surface area contributed by atoms with E-state index in [0.29, 0.717) is 48.3 Å². The van der Waals surface area contributed by atoms with E-state index in [1.54, 1.807) is 0 Å². The van der Waals surface area contributed by atoms with Gasteiger partial charge >= 0.3 is 0 Å². The minimum atomic E-state index is -1.76. The van der Waals surface area contributed by atoms with E-state index in [0.717, 1.165) is 51.6 Å². The van der Waals surface area contributed by atoms with Crippen LogP contribution in [0.4, 0.5) is 0 Å². The molecule has 0 amide bonds. The van der Waals surface area contributed by atoms with E-state index in [1.807, 2.05) is 0 Å². The van der Waals surface area contributed by atoms with Crippen molar-refractivity contribution in [2.24, 2.45) is 52.3 Å². The quantitative estimate of drug-likeness (QED) is 0.173. The minimum Gasteiger partial charge on any atom is -0.394 e. The minimum absolute atomic E-state index is 0.111. The largest absolute Gasteiger partial charge is 0.394 e. The lowest BCUT2D eigenvalue weighted by Crippen LogP contribution is -2.65. The first-order valence-electron chi connectivity index (χ1n) is 20.4. The van der Waals surface area contributed by atoms with Crippen LogP contribution >= 0.6 is 0 Å². The fraction of sp³-hybridized carbons (Fsp3) is 1.00. The van der Waals surface area contributed by atoms with Crippen LogP contribution in [-0.2, 0) is 28.4 Å². The molecule has 1 spiro atoms. The van der Waals surface area contributed by atoms with Crippen LogP contribution in [0.15, 0.2) is 0 Å². The van der Waals surface area contributed by atoms with Crippen LogP contribution in [0.1, 0.15) is 85.5 Å². The summed E-state index contributed by atoms with van der Waals surface area (Å²) in [5.74, 6) is 2.78. The predicted molar refractivity (Wildman–Crippen MR) is 184 cm³/mol.